The van der Waals surface area contributed by atoms with Gasteiger partial charge in [0.2, 0.25) is 5.91 Å². The molecule has 2 aromatic carbocycles. The Kier molecular flexibility index (Phi) is 5.25. The van der Waals surface area contributed by atoms with Gasteiger partial charge in [0, 0.05) is 18.3 Å². The second kappa shape index (κ2) is 7.77. The van der Waals surface area contributed by atoms with E-state index in [1.165, 1.54) is 15.9 Å². The normalized spacial score (nSPS) is 10.5. The number of aryl methyl sites for hydroxylation is 2. The van der Waals surface area contributed by atoms with Crippen LogP contribution >= 0.6 is 0 Å². The Morgan fingerprint density at radius 1 is 1.07 bits per heavy atom. The second-order valence-corrected chi connectivity index (χ2v) is 6.28. The van der Waals surface area contributed by atoms with E-state index in [9.17, 15) is 9.59 Å². The number of likely N-dealkylation sites (N-methyl/N-ethyl adjacent to an activating group) is 1. The molecule has 0 spiro atoms. The Morgan fingerprint density at radius 2 is 1.74 bits per heavy atom. The third-order valence-electron chi connectivity index (χ3n) is 4.20. The van der Waals surface area contributed by atoms with Gasteiger partial charge < -0.3 is 10.2 Å². The van der Waals surface area contributed by atoms with Crippen LogP contribution in [-0.4, -0.2) is 50.5 Å². The van der Waals surface area contributed by atoms with Crippen LogP contribution in [0.5, 0.6) is 0 Å². The highest BCUT2D eigenvalue weighted by Gasteiger charge is 2.16. The maximum atomic E-state index is 12.6. The molecular formula is C19H20N6O2. The van der Waals surface area contributed by atoms with Gasteiger partial charge >= 0.3 is 0 Å². The van der Waals surface area contributed by atoms with E-state index in [1.807, 2.05) is 32.0 Å². The zero-order chi connectivity index (χ0) is 19.4. The van der Waals surface area contributed by atoms with Crippen LogP contribution in [0, 0.1) is 13.8 Å². The molecule has 0 aliphatic carbocycles. The minimum Gasteiger partial charge on any atom is -0.332 e. The smallest absolute Gasteiger partial charge is 0.254 e. The SMILES string of the molecule is Cc1cccc(C)c1NC(=O)CN(C)C(=O)c1ccc(-n2cnnn2)cc1. The number of nitrogens with one attached hydrogen (secondary N) is 1. The topological polar surface area (TPSA) is 93.0 Å². The Balaban J connectivity index is 1.64. The largest absolute Gasteiger partial charge is 0.332 e. The summed E-state index contributed by atoms with van der Waals surface area (Å²) >= 11 is 0. The van der Waals surface area contributed by atoms with Crippen LogP contribution in [0.1, 0.15) is 21.5 Å². The van der Waals surface area contributed by atoms with Crippen LogP contribution in [0.4, 0.5) is 5.69 Å². The van der Waals surface area contributed by atoms with E-state index in [0.29, 0.717) is 5.56 Å². The van der Waals surface area contributed by atoms with Crippen LogP contribution in [0.2, 0.25) is 0 Å². The fourth-order valence-electron chi connectivity index (χ4n) is 2.73. The molecule has 0 saturated heterocycles. The molecule has 2 amide bonds. The van der Waals surface area contributed by atoms with Crippen LogP contribution in [-0.2, 0) is 4.79 Å². The Morgan fingerprint density at radius 3 is 2.33 bits per heavy atom. The minimum absolute atomic E-state index is 0.0403. The molecule has 138 valence electrons. The number of benzene rings is 2. The number of para-hydroxylation sites is 1. The van der Waals surface area contributed by atoms with E-state index in [1.54, 1.807) is 31.3 Å². The third kappa shape index (κ3) is 4.17. The second-order valence-electron chi connectivity index (χ2n) is 6.28. The van der Waals surface area contributed by atoms with Crippen LogP contribution in [0.3, 0.4) is 0 Å². The molecule has 0 aliphatic rings. The molecule has 0 bridgehead atoms. The molecule has 0 unspecified atom stereocenters. The highest BCUT2D eigenvalue weighted by molar-refractivity contribution is 5.99. The van der Waals surface area contributed by atoms with Crippen molar-refractivity contribution in [3.05, 3.63) is 65.5 Å². The van der Waals surface area contributed by atoms with Crippen molar-refractivity contribution in [2.45, 2.75) is 13.8 Å². The monoisotopic (exact) mass is 364 g/mol. The summed E-state index contributed by atoms with van der Waals surface area (Å²) in [7, 11) is 1.60. The van der Waals surface area contributed by atoms with E-state index < -0.39 is 0 Å². The van der Waals surface area contributed by atoms with Gasteiger partial charge in [-0.3, -0.25) is 9.59 Å². The predicted octanol–water partition coefficient (Wildman–Crippen LogP) is 1.99. The number of carbonyl (C=O) groups excluding carboxylic acids is 2. The molecule has 0 saturated carbocycles. The summed E-state index contributed by atoms with van der Waals surface area (Å²) in [6.07, 6.45) is 1.47. The van der Waals surface area contributed by atoms with Gasteiger partial charge in [0.15, 0.2) is 0 Å². The lowest BCUT2D eigenvalue weighted by Crippen LogP contribution is -2.35. The molecule has 3 aromatic rings. The summed E-state index contributed by atoms with van der Waals surface area (Å²) in [6, 6.07) is 12.7. The van der Waals surface area contributed by atoms with Crippen molar-refractivity contribution in [1.82, 2.24) is 25.1 Å². The molecule has 8 heteroatoms. The molecule has 0 aliphatic heterocycles. The number of hydrogen-bond donors (Lipinski definition) is 1. The molecule has 27 heavy (non-hydrogen) atoms. The van der Waals surface area contributed by atoms with Crippen molar-refractivity contribution >= 4 is 17.5 Å². The standard InChI is InChI=1S/C19H20N6O2/c1-13-5-4-6-14(2)18(13)21-17(26)11-24(3)19(27)15-7-9-16(10-8-15)25-12-20-22-23-25/h4-10,12H,11H2,1-3H3,(H,21,26). The fourth-order valence-corrected chi connectivity index (χ4v) is 2.73. The highest BCUT2D eigenvalue weighted by Crippen LogP contribution is 2.19. The van der Waals surface area contributed by atoms with Gasteiger partial charge in [-0.05, 0) is 59.7 Å². The quantitative estimate of drug-likeness (QED) is 0.747. The summed E-state index contributed by atoms with van der Waals surface area (Å²) in [5.74, 6) is -0.483. The molecule has 3 rings (SSSR count). The first kappa shape index (κ1) is 18.2. The molecule has 1 aromatic heterocycles. The number of carbonyl (C=O) groups is 2. The van der Waals surface area contributed by atoms with E-state index in [2.05, 4.69) is 20.8 Å². The van der Waals surface area contributed by atoms with E-state index in [4.69, 9.17) is 0 Å². The van der Waals surface area contributed by atoms with Gasteiger partial charge in [-0.15, -0.1) is 5.10 Å². The fraction of sp³-hybridized carbons (Fsp3) is 0.211. The number of amides is 2. The molecular weight excluding hydrogens is 344 g/mol. The number of hydrogen-bond acceptors (Lipinski definition) is 5. The van der Waals surface area contributed by atoms with Crippen molar-refractivity contribution in [2.24, 2.45) is 0 Å². The Bertz CT molecular complexity index is 931. The highest BCUT2D eigenvalue weighted by atomic mass is 16.2. The Hall–Kier alpha value is -3.55. The van der Waals surface area contributed by atoms with E-state index in [-0.39, 0.29) is 18.4 Å². The van der Waals surface area contributed by atoms with Gasteiger partial charge in [-0.2, -0.15) is 0 Å². The zero-order valence-corrected chi connectivity index (χ0v) is 15.4. The first-order chi connectivity index (χ1) is 13.0. The Labute approximate surface area is 156 Å². The van der Waals surface area contributed by atoms with Crippen molar-refractivity contribution in [3.63, 3.8) is 0 Å². The van der Waals surface area contributed by atoms with E-state index in [0.717, 1.165) is 22.5 Å². The van der Waals surface area contributed by atoms with Gasteiger partial charge in [0.05, 0.1) is 12.2 Å². The average molecular weight is 364 g/mol. The van der Waals surface area contributed by atoms with Crippen LogP contribution in [0.15, 0.2) is 48.8 Å². The number of nitrogens with zero attached hydrogens (tertiary/aromatic N) is 5. The lowest BCUT2D eigenvalue weighted by molar-refractivity contribution is -0.116. The first-order valence-corrected chi connectivity index (χ1v) is 8.40. The predicted molar refractivity (Wildman–Crippen MR) is 101 cm³/mol. The van der Waals surface area contributed by atoms with Gasteiger partial charge in [-0.25, -0.2) is 4.68 Å². The number of tetrazole rings is 1. The van der Waals surface area contributed by atoms with Crippen LogP contribution in [0.25, 0.3) is 5.69 Å². The van der Waals surface area contributed by atoms with Gasteiger partial charge in [-0.1, -0.05) is 18.2 Å². The van der Waals surface area contributed by atoms with Crippen molar-refractivity contribution < 1.29 is 9.59 Å². The molecule has 8 nitrogen and oxygen atoms in total. The maximum absolute atomic E-state index is 12.6. The van der Waals surface area contributed by atoms with Gasteiger partial charge in [0.1, 0.15) is 6.33 Å². The lowest BCUT2D eigenvalue weighted by Gasteiger charge is -2.18. The number of aromatic nitrogens is 4. The lowest BCUT2D eigenvalue weighted by atomic mass is 10.1. The first-order valence-electron chi connectivity index (χ1n) is 8.40. The van der Waals surface area contributed by atoms with Crippen molar-refractivity contribution in [2.75, 3.05) is 18.9 Å². The minimum atomic E-state index is -0.242. The number of anilines is 1. The molecule has 1 heterocycles. The molecule has 0 atom stereocenters. The zero-order valence-electron chi connectivity index (χ0n) is 15.4. The van der Waals surface area contributed by atoms with Crippen molar-refractivity contribution in [1.29, 1.82) is 0 Å². The summed E-state index contributed by atoms with van der Waals surface area (Å²) in [5, 5.41) is 13.8. The summed E-state index contributed by atoms with van der Waals surface area (Å²) in [5.41, 5.74) is 3.97. The number of rotatable bonds is 5. The summed E-state index contributed by atoms with van der Waals surface area (Å²) in [6.45, 7) is 3.83. The maximum Gasteiger partial charge on any atom is 0.254 e. The van der Waals surface area contributed by atoms with Crippen LogP contribution < -0.4 is 5.32 Å². The summed E-state index contributed by atoms with van der Waals surface area (Å²) in [4.78, 5) is 26.3. The van der Waals surface area contributed by atoms with Crippen molar-refractivity contribution in [3.8, 4) is 5.69 Å². The average Bonchev–Trinajstić information content (AvgIpc) is 3.19. The molecule has 0 fully saturated rings. The van der Waals surface area contributed by atoms with Gasteiger partial charge in [0.25, 0.3) is 5.91 Å². The third-order valence-corrected chi connectivity index (χ3v) is 4.20. The molecule has 1 N–H and O–H groups in total. The van der Waals surface area contributed by atoms with E-state index >= 15 is 0 Å². The summed E-state index contributed by atoms with van der Waals surface area (Å²) < 4.78 is 1.50. The molecule has 0 radical (unpaired) electrons.